The van der Waals surface area contributed by atoms with Crippen molar-refractivity contribution < 1.29 is 4.74 Å². The molecule has 0 aliphatic heterocycles. The second kappa shape index (κ2) is 6.99. The van der Waals surface area contributed by atoms with Gasteiger partial charge in [-0.1, -0.05) is 12.2 Å². The van der Waals surface area contributed by atoms with Crippen LogP contribution in [0.2, 0.25) is 0 Å². The van der Waals surface area contributed by atoms with Gasteiger partial charge in [-0.2, -0.15) is 0 Å². The number of allylic oxidation sites excluding steroid dienone is 1. The third-order valence-electron chi connectivity index (χ3n) is 0.744. The fourth-order valence-corrected chi connectivity index (χ4v) is 0.493. The largest absolute Gasteiger partial charge is 0.384 e. The number of methoxy groups -OCH3 is 1. The minimum absolute atomic E-state index is 0.601. The number of hydrogen-bond donors (Lipinski definition) is 0. The fraction of sp³-hybridized carbons (Fsp3) is 0.667. The summed E-state index contributed by atoms with van der Waals surface area (Å²) in [5.41, 5.74) is 0. The highest BCUT2D eigenvalue weighted by Gasteiger charge is 1.74. The van der Waals surface area contributed by atoms with E-state index in [1.807, 2.05) is 12.2 Å². The molecule has 0 aromatic carbocycles. The van der Waals surface area contributed by atoms with E-state index in [9.17, 15) is 0 Å². The molecule has 0 atom stereocenters. The first-order valence-corrected chi connectivity index (χ1v) is 3.15. The molecule has 0 saturated heterocycles. The van der Waals surface area contributed by atoms with E-state index >= 15 is 0 Å². The third kappa shape index (κ3) is 5.99. The van der Waals surface area contributed by atoms with Gasteiger partial charge in [0.1, 0.15) is 0 Å². The van der Waals surface area contributed by atoms with Crippen LogP contribution >= 0.6 is 11.6 Å². The van der Waals surface area contributed by atoms with Gasteiger partial charge in [0.15, 0.2) is 0 Å². The van der Waals surface area contributed by atoms with E-state index in [0.29, 0.717) is 5.88 Å². The molecule has 0 saturated carbocycles. The second-order valence-corrected chi connectivity index (χ2v) is 1.72. The topological polar surface area (TPSA) is 9.23 Å². The molecule has 0 aromatic rings. The molecule has 0 rings (SSSR count). The number of alkyl halides is 1. The van der Waals surface area contributed by atoms with E-state index in [0.717, 1.165) is 13.0 Å². The van der Waals surface area contributed by atoms with Gasteiger partial charge in [0.25, 0.3) is 0 Å². The molecular weight excluding hydrogens is 124 g/mol. The van der Waals surface area contributed by atoms with Gasteiger partial charge in [0.05, 0.1) is 0 Å². The SMILES string of the molecule is COCC/C=C\CCl. The van der Waals surface area contributed by atoms with Gasteiger partial charge >= 0.3 is 0 Å². The van der Waals surface area contributed by atoms with Crippen LogP contribution in [0.25, 0.3) is 0 Å². The van der Waals surface area contributed by atoms with Crippen molar-refractivity contribution in [2.24, 2.45) is 0 Å². The molecule has 0 aliphatic carbocycles. The van der Waals surface area contributed by atoms with Gasteiger partial charge in [0, 0.05) is 19.6 Å². The molecule has 2 heteroatoms. The van der Waals surface area contributed by atoms with Crippen LogP contribution < -0.4 is 0 Å². The van der Waals surface area contributed by atoms with Crippen molar-refractivity contribution in [1.82, 2.24) is 0 Å². The molecule has 0 N–H and O–H groups in total. The van der Waals surface area contributed by atoms with Gasteiger partial charge in [-0.3, -0.25) is 0 Å². The summed E-state index contributed by atoms with van der Waals surface area (Å²) in [7, 11) is 1.69. The fourth-order valence-electron chi connectivity index (χ4n) is 0.367. The first-order valence-electron chi connectivity index (χ1n) is 2.61. The maximum atomic E-state index is 5.35. The van der Waals surface area contributed by atoms with E-state index in [4.69, 9.17) is 16.3 Å². The molecule has 0 spiro atoms. The highest BCUT2D eigenvalue weighted by atomic mass is 35.5. The molecule has 1 nitrogen and oxygen atoms in total. The van der Waals surface area contributed by atoms with Crippen LogP contribution in [0.3, 0.4) is 0 Å². The summed E-state index contributed by atoms with van der Waals surface area (Å²) < 4.78 is 4.79. The van der Waals surface area contributed by atoms with Crippen molar-refractivity contribution in [3.8, 4) is 0 Å². The molecule has 0 bridgehead atoms. The minimum Gasteiger partial charge on any atom is -0.384 e. The standard InChI is InChI=1S/C6H11ClO/c1-8-6-4-2-3-5-7/h2-3H,4-6H2,1H3/b3-2-. The Morgan fingerprint density at radius 3 is 2.75 bits per heavy atom. The minimum atomic E-state index is 0.601. The van der Waals surface area contributed by atoms with Gasteiger partial charge < -0.3 is 4.74 Å². The smallest absolute Gasteiger partial charge is 0.0496 e. The summed E-state index contributed by atoms with van der Waals surface area (Å²) in [5, 5.41) is 0. The van der Waals surface area contributed by atoms with E-state index in [-0.39, 0.29) is 0 Å². The highest BCUT2D eigenvalue weighted by Crippen LogP contribution is 1.84. The molecule has 0 amide bonds. The molecule has 0 heterocycles. The monoisotopic (exact) mass is 134 g/mol. The summed E-state index contributed by atoms with van der Waals surface area (Å²) in [6.07, 6.45) is 4.89. The molecule has 0 aliphatic rings. The predicted octanol–water partition coefficient (Wildman–Crippen LogP) is 1.82. The van der Waals surface area contributed by atoms with Crippen LogP contribution in [0.1, 0.15) is 6.42 Å². The second-order valence-electron chi connectivity index (χ2n) is 1.41. The van der Waals surface area contributed by atoms with Crippen molar-refractivity contribution in [1.29, 1.82) is 0 Å². The maximum absolute atomic E-state index is 5.35. The lowest BCUT2D eigenvalue weighted by Gasteiger charge is -1.88. The lowest BCUT2D eigenvalue weighted by atomic mass is 10.4. The molecular formula is C6H11ClO. The molecule has 0 unspecified atom stereocenters. The van der Waals surface area contributed by atoms with Gasteiger partial charge in [-0.25, -0.2) is 0 Å². The van der Waals surface area contributed by atoms with E-state index in [2.05, 4.69) is 0 Å². The summed E-state index contributed by atoms with van der Waals surface area (Å²) >= 11 is 5.35. The van der Waals surface area contributed by atoms with Crippen LogP contribution in [0.15, 0.2) is 12.2 Å². The van der Waals surface area contributed by atoms with Crippen LogP contribution in [-0.2, 0) is 4.74 Å². The van der Waals surface area contributed by atoms with Gasteiger partial charge in [-0.05, 0) is 6.42 Å². The Balaban J connectivity index is 2.80. The van der Waals surface area contributed by atoms with Crippen LogP contribution in [0.5, 0.6) is 0 Å². The molecule has 0 aromatic heterocycles. The summed E-state index contributed by atoms with van der Waals surface area (Å²) in [6.45, 7) is 0.785. The molecule has 0 radical (unpaired) electrons. The van der Waals surface area contributed by atoms with Crippen LogP contribution in [0, 0.1) is 0 Å². The number of rotatable bonds is 4. The Labute approximate surface area is 55.3 Å². The van der Waals surface area contributed by atoms with E-state index < -0.39 is 0 Å². The van der Waals surface area contributed by atoms with E-state index in [1.165, 1.54) is 0 Å². The third-order valence-corrected chi connectivity index (χ3v) is 0.923. The predicted molar refractivity (Wildman–Crippen MR) is 36.4 cm³/mol. The summed E-state index contributed by atoms with van der Waals surface area (Å²) in [6, 6.07) is 0. The number of hydrogen-bond acceptors (Lipinski definition) is 1. The Kier molecular flexibility index (Phi) is 6.98. The molecule has 8 heavy (non-hydrogen) atoms. The van der Waals surface area contributed by atoms with Crippen molar-refractivity contribution >= 4 is 11.6 Å². The quantitative estimate of drug-likeness (QED) is 0.324. The van der Waals surface area contributed by atoms with Crippen molar-refractivity contribution in [3.05, 3.63) is 12.2 Å². The highest BCUT2D eigenvalue weighted by molar-refractivity contribution is 6.18. The Morgan fingerprint density at radius 2 is 2.25 bits per heavy atom. The van der Waals surface area contributed by atoms with Crippen molar-refractivity contribution in [2.45, 2.75) is 6.42 Å². The normalized spacial score (nSPS) is 10.8. The summed E-state index contributed by atoms with van der Waals surface area (Å²) in [4.78, 5) is 0. The van der Waals surface area contributed by atoms with Crippen molar-refractivity contribution in [3.63, 3.8) is 0 Å². The molecule has 48 valence electrons. The zero-order valence-corrected chi connectivity index (χ0v) is 5.82. The lowest BCUT2D eigenvalue weighted by Crippen LogP contribution is -1.83. The Hall–Kier alpha value is -0.0100. The first-order chi connectivity index (χ1) is 3.91. The molecule has 0 fully saturated rings. The van der Waals surface area contributed by atoms with Crippen molar-refractivity contribution in [2.75, 3.05) is 19.6 Å². The van der Waals surface area contributed by atoms with Gasteiger partial charge in [0.2, 0.25) is 0 Å². The van der Waals surface area contributed by atoms with Gasteiger partial charge in [-0.15, -0.1) is 11.6 Å². The number of ether oxygens (including phenoxy) is 1. The Bertz CT molecular complexity index is 61.5. The van der Waals surface area contributed by atoms with Crippen LogP contribution in [-0.4, -0.2) is 19.6 Å². The Morgan fingerprint density at radius 1 is 1.50 bits per heavy atom. The zero-order chi connectivity index (χ0) is 6.24. The number of halogens is 1. The maximum Gasteiger partial charge on any atom is 0.0496 e. The average Bonchev–Trinajstić information content (AvgIpc) is 1.81. The first kappa shape index (κ1) is 7.99. The zero-order valence-electron chi connectivity index (χ0n) is 5.06. The lowest BCUT2D eigenvalue weighted by molar-refractivity contribution is 0.204. The summed E-state index contributed by atoms with van der Waals surface area (Å²) in [5.74, 6) is 0.601. The van der Waals surface area contributed by atoms with Crippen LogP contribution in [0.4, 0.5) is 0 Å². The van der Waals surface area contributed by atoms with E-state index in [1.54, 1.807) is 7.11 Å². The average molecular weight is 135 g/mol.